The number of carbonyl (C=O) groups is 1. The quantitative estimate of drug-likeness (QED) is 0.240. The van der Waals surface area contributed by atoms with Crippen LogP contribution in [0.25, 0.3) is 6.08 Å². The molecule has 1 aromatic carbocycles. The molecule has 0 heterocycles. The van der Waals surface area contributed by atoms with Gasteiger partial charge in [-0.3, -0.25) is 4.84 Å². The number of esters is 1. The van der Waals surface area contributed by atoms with Crippen molar-refractivity contribution in [1.29, 1.82) is 0 Å². The molecule has 0 saturated heterocycles. The number of phenols is 1. The molecule has 0 aliphatic carbocycles. The largest absolute Gasteiger partial charge is 0.508 e. The Morgan fingerprint density at radius 3 is 2.41 bits per heavy atom. The highest BCUT2D eigenvalue weighted by atomic mass is 17.0. The fourth-order valence-electron chi connectivity index (χ4n) is 1.22. The van der Waals surface area contributed by atoms with Crippen molar-refractivity contribution in [3.05, 3.63) is 56.1 Å². The summed E-state index contributed by atoms with van der Waals surface area (Å²) in [6, 6.07) is 5.77. The van der Waals surface area contributed by atoms with Gasteiger partial charge in [0.1, 0.15) is 5.75 Å². The third-order valence-corrected chi connectivity index (χ3v) is 2.07. The van der Waals surface area contributed by atoms with Gasteiger partial charge in [-0.15, -0.1) is 20.2 Å². The molecule has 11 nitrogen and oxygen atoms in total. The van der Waals surface area contributed by atoms with Crippen LogP contribution in [0.5, 0.6) is 5.75 Å². The maximum Gasteiger partial charge on any atom is 0.332 e. The Balaban J connectivity index is 2.59. The highest BCUT2D eigenvalue weighted by molar-refractivity contribution is 5.87. The van der Waals surface area contributed by atoms with E-state index in [2.05, 4.69) is 14.4 Å². The molecule has 1 N–H and O–H groups in total. The van der Waals surface area contributed by atoms with Crippen molar-refractivity contribution in [2.45, 2.75) is 6.29 Å². The Morgan fingerprint density at radius 1 is 1.23 bits per heavy atom. The van der Waals surface area contributed by atoms with E-state index in [1.165, 1.54) is 30.3 Å². The predicted octanol–water partition coefficient (Wildman–Crippen LogP) is 0.691. The summed E-state index contributed by atoms with van der Waals surface area (Å²) in [6.07, 6.45) is 0.353. The van der Waals surface area contributed by atoms with Crippen LogP contribution < -0.4 is 0 Å². The molecule has 0 spiro atoms. The van der Waals surface area contributed by atoms with Crippen LogP contribution in [0.1, 0.15) is 5.56 Å². The number of nitrogens with zero attached hydrogens (tertiary/aromatic N) is 2. The number of hydrogen-bond donors (Lipinski definition) is 1. The molecular formula is C11H10N2O9. The van der Waals surface area contributed by atoms with Gasteiger partial charge >= 0.3 is 5.97 Å². The molecule has 1 aromatic rings. The lowest BCUT2D eigenvalue weighted by Gasteiger charge is -2.13. The highest BCUT2D eigenvalue weighted by Gasteiger charge is 2.19. The minimum atomic E-state index is -1.88. The molecule has 0 saturated carbocycles. The minimum Gasteiger partial charge on any atom is -0.508 e. The highest BCUT2D eigenvalue weighted by Crippen LogP contribution is 2.11. The van der Waals surface area contributed by atoms with E-state index in [1.807, 2.05) is 0 Å². The summed E-state index contributed by atoms with van der Waals surface area (Å²) < 4.78 is 4.49. The average Bonchev–Trinajstić information content (AvgIpc) is 2.43. The van der Waals surface area contributed by atoms with Crippen LogP contribution in [-0.2, 0) is 19.2 Å². The van der Waals surface area contributed by atoms with Gasteiger partial charge in [0.25, 0.3) is 16.5 Å². The zero-order valence-corrected chi connectivity index (χ0v) is 10.9. The van der Waals surface area contributed by atoms with E-state index >= 15 is 0 Å². The zero-order valence-electron chi connectivity index (χ0n) is 10.9. The van der Waals surface area contributed by atoms with Gasteiger partial charge in [-0.05, 0) is 23.8 Å². The van der Waals surface area contributed by atoms with Gasteiger partial charge in [0, 0.05) is 6.08 Å². The van der Waals surface area contributed by atoms with Gasteiger partial charge in [0.2, 0.25) is 0 Å². The standard InChI is InChI=1S/C11H10N2O9/c14-9-4-1-8(2-5-9)3-6-10(15)21-11(22-13(18)19)7-20-12(16)17/h1-6,11,14H,7H2/b6-3+. The van der Waals surface area contributed by atoms with Crippen LogP contribution in [0.4, 0.5) is 0 Å². The Labute approximate surface area is 122 Å². The van der Waals surface area contributed by atoms with Crippen LogP contribution in [-0.4, -0.2) is 34.1 Å². The normalized spacial score (nSPS) is 11.6. The fourth-order valence-corrected chi connectivity index (χ4v) is 1.22. The Morgan fingerprint density at radius 2 is 1.86 bits per heavy atom. The third kappa shape index (κ3) is 6.70. The monoisotopic (exact) mass is 314 g/mol. The van der Waals surface area contributed by atoms with E-state index < -0.39 is 29.0 Å². The molecule has 0 amide bonds. The van der Waals surface area contributed by atoms with Crippen LogP contribution >= 0.6 is 0 Å². The SMILES string of the molecule is O=C(/C=C/c1ccc(O)cc1)OC(CO[N+](=O)[O-])O[N+](=O)[O-]. The van der Waals surface area contributed by atoms with Gasteiger partial charge in [-0.25, -0.2) is 4.79 Å². The van der Waals surface area contributed by atoms with Crippen molar-refractivity contribution in [3.8, 4) is 5.75 Å². The van der Waals surface area contributed by atoms with E-state index in [4.69, 9.17) is 5.11 Å². The number of rotatable bonds is 8. The number of hydrogen-bond acceptors (Lipinski definition) is 9. The molecule has 0 bridgehead atoms. The molecule has 1 rings (SSSR count). The summed E-state index contributed by atoms with van der Waals surface area (Å²) in [5.41, 5.74) is 0.544. The smallest absolute Gasteiger partial charge is 0.332 e. The lowest BCUT2D eigenvalue weighted by Crippen LogP contribution is -2.29. The Kier molecular flexibility index (Phi) is 6.10. The van der Waals surface area contributed by atoms with Crippen LogP contribution in [0.3, 0.4) is 0 Å². The minimum absolute atomic E-state index is 0.0381. The number of carbonyl (C=O) groups excluding carboxylic acids is 1. The van der Waals surface area contributed by atoms with E-state index in [1.54, 1.807) is 0 Å². The third-order valence-electron chi connectivity index (χ3n) is 2.07. The van der Waals surface area contributed by atoms with Gasteiger partial charge in [0.05, 0.1) is 0 Å². The van der Waals surface area contributed by atoms with Gasteiger partial charge in [-0.2, -0.15) is 0 Å². The van der Waals surface area contributed by atoms with E-state index in [9.17, 15) is 25.0 Å². The van der Waals surface area contributed by atoms with Crippen LogP contribution in [0.2, 0.25) is 0 Å². The Bertz CT molecular complexity index is 569. The number of benzene rings is 1. The first-order chi connectivity index (χ1) is 10.4. The van der Waals surface area contributed by atoms with Gasteiger partial charge in [-0.1, -0.05) is 12.1 Å². The maximum absolute atomic E-state index is 11.4. The first-order valence-electron chi connectivity index (χ1n) is 5.63. The zero-order chi connectivity index (χ0) is 16.5. The molecule has 1 unspecified atom stereocenters. The molecular weight excluding hydrogens is 304 g/mol. The van der Waals surface area contributed by atoms with Crippen molar-refractivity contribution >= 4 is 12.0 Å². The van der Waals surface area contributed by atoms with Crippen molar-refractivity contribution < 1.29 is 34.5 Å². The maximum atomic E-state index is 11.4. The molecule has 0 aromatic heterocycles. The lowest BCUT2D eigenvalue weighted by molar-refractivity contribution is -0.799. The summed E-state index contributed by atoms with van der Waals surface area (Å²) in [5.74, 6) is -0.997. The number of ether oxygens (including phenoxy) is 1. The molecule has 1 atom stereocenters. The van der Waals surface area contributed by atoms with Gasteiger partial charge < -0.3 is 14.7 Å². The summed E-state index contributed by atoms with van der Waals surface area (Å²) in [6.45, 7) is -0.952. The summed E-state index contributed by atoms with van der Waals surface area (Å²) in [7, 11) is 0. The van der Waals surface area contributed by atoms with E-state index in [0.717, 1.165) is 6.08 Å². The molecule has 0 aliphatic heterocycles. The van der Waals surface area contributed by atoms with Crippen molar-refractivity contribution in [1.82, 2.24) is 0 Å². The molecule has 11 heteroatoms. The molecule has 0 aliphatic rings. The van der Waals surface area contributed by atoms with Crippen molar-refractivity contribution in [3.63, 3.8) is 0 Å². The molecule has 0 radical (unpaired) electrons. The number of phenolic OH excluding ortho intramolecular Hbond substituents is 1. The molecule has 0 fully saturated rings. The number of aromatic hydroxyl groups is 1. The fraction of sp³-hybridized carbons (Fsp3) is 0.182. The topological polar surface area (TPSA) is 151 Å². The Hall–Kier alpha value is -3.37. The van der Waals surface area contributed by atoms with Crippen LogP contribution in [0.15, 0.2) is 30.3 Å². The van der Waals surface area contributed by atoms with Crippen LogP contribution in [0, 0.1) is 20.2 Å². The van der Waals surface area contributed by atoms with E-state index in [0.29, 0.717) is 5.56 Å². The van der Waals surface area contributed by atoms with E-state index in [-0.39, 0.29) is 5.75 Å². The lowest BCUT2D eigenvalue weighted by atomic mass is 10.2. The summed E-state index contributed by atoms with van der Waals surface area (Å²) in [4.78, 5) is 39.4. The summed E-state index contributed by atoms with van der Waals surface area (Å²) >= 11 is 0. The second-order valence-corrected chi connectivity index (χ2v) is 3.64. The second kappa shape index (κ2) is 8.04. The summed E-state index contributed by atoms with van der Waals surface area (Å²) in [5, 5.41) is 26.8. The van der Waals surface area contributed by atoms with Crippen molar-refractivity contribution in [2.75, 3.05) is 6.61 Å². The van der Waals surface area contributed by atoms with Gasteiger partial charge in [0.15, 0.2) is 6.61 Å². The first kappa shape index (κ1) is 16.7. The molecule has 118 valence electrons. The average molecular weight is 314 g/mol. The molecule has 22 heavy (non-hydrogen) atoms. The predicted molar refractivity (Wildman–Crippen MR) is 68.0 cm³/mol. The van der Waals surface area contributed by atoms with Crippen molar-refractivity contribution in [2.24, 2.45) is 0 Å². The first-order valence-corrected chi connectivity index (χ1v) is 5.63. The second-order valence-electron chi connectivity index (χ2n) is 3.64.